The zero-order valence-corrected chi connectivity index (χ0v) is 8.58. The van der Waals surface area contributed by atoms with E-state index in [-0.39, 0.29) is 11.8 Å². The number of carboxylic acids is 1. The maximum Gasteiger partial charge on any atom is 0.0450 e. The van der Waals surface area contributed by atoms with Gasteiger partial charge in [-0.2, -0.15) is 0 Å². The zero-order valence-electron chi connectivity index (χ0n) is 8.58. The second kappa shape index (κ2) is 4.64. The van der Waals surface area contributed by atoms with E-state index in [4.69, 9.17) is 0 Å². The summed E-state index contributed by atoms with van der Waals surface area (Å²) in [5.74, 6) is -0.478. The average molecular weight is 183 g/mol. The van der Waals surface area contributed by atoms with E-state index in [9.17, 15) is 9.90 Å². The Morgan fingerprint density at radius 1 is 1.23 bits per heavy atom. The molecule has 0 spiro atoms. The molecule has 0 bridgehead atoms. The van der Waals surface area contributed by atoms with Crippen LogP contribution in [0.25, 0.3) is 0 Å². The Hall–Kier alpha value is -0.530. The highest BCUT2D eigenvalue weighted by atomic mass is 16.4. The number of carbonyl (C=O) groups excluding carboxylic acids is 1. The molecule has 0 N–H and O–H groups in total. The third-order valence-electron chi connectivity index (χ3n) is 3.15. The van der Waals surface area contributed by atoms with Gasteiger partial charge in [0.1, 0.15) is 0 Å². The first kappa shape index (κ1) is 10.6. The van der Waals surface area contributed by atoms with Crippen LogP contribution in [0, 0.1) is 17.8 Å². The fraction of sp³-hybridized carbons (Fsp3) is 0.909. The molecule has 0 unspecified atom stereocenters. The molecule has 0 aromatic heterocycles. The minimum atomic E-state index is -0.845. The number of carbonyl (C=O) groups is 1. The van der Waals surface area contributed by atoms with E-state index in [0.717, 1.165) is 12.8 Å². The summed E-state index contributed by atoms with van der Waals surface area (Å²) in [5, 5.41) is 10.9. The summed E-state index contributed by atoms with van der Waals surface area (Å²) in [5.41, 5.74) is 0. The summed E-state index contributed by atoms with van der Waals surface area (Å²) in [6, 6.07) is 0. The van der Waals surface area contributed by atoms with Crippen LogP contribution < -0.4 is 5.11 Å². The summed E-state index contributed by atoms with van der Waals surface area (Å²) >= 11 is 0. The summed E-state index contributed by atoms with van der Waals surface area (Å²) < 4.78 is 0. The molecule has 0 aliphatic heterocycles. The summed E-state index contributed by atoms with van der Waals surface area (Å²) in [4.78, 5) is 10.9. The topological polar surface area (TPSA) is 40.1 Å². The van der Waals surface area contributed by atoms with E-state index in [0.29, 0.717) is 5.92 Å². The predicted molar refractivity (Wildman–Crippen MR) is 49.9 cm³/mol. The normalized spacial score (nSPS) is 21.8. The number of carboxylic acid groups (broad SMARTS) is 1. The van der Waals surface area contributed by atoms with Crippen molar-refractivity contribution in [3.8, 4) is 0 Å². The average Bonchev–Trinajstić information content (AvgIpc) is 2.04. The molecule has 1 rings (SSSR count). The lowest BCUT2D eigenvalue weighted by atomic mass is 9.75. The van der Waals surface area contributed by atoms with Gasteiger partial charge in [0.25, 0.3) is 0 Å². The van der Waals surface area contributed by atoms with E-state index in [1.807, 2.05) is 13.8 Å². The Morgan fingerprint density at radius 2 is 1.77 bits per heavy atom. The van der Waals surface area contributed by atoms with Crippen molar-refractivity contribution in [2.45, 2.75) is 46.0 Å². The number of hydrogen-bond acceptors (Lipinski definition) is 2. The van der Waals surface area contributed by atoms with Crippen LogP contribution in [0.5, 0.6) is 0 Å². The van der Waals surface area contributed by atoms with Gasteiger partial charge in [0.2, 0.25) is 0 Å². The van der Waals surface area contributed by atoms with Gasteiger partial charge in [-0.25, -0.2) is 0 Å². The van der Waals surface area contributed by atoms with E-state index < -0.39 is 5.97 Å². The van der Waals surface area contributed by atoms with E-state index in [1.54, 1.807) is 0 Å². The first-order valence-corrected chi connectivity index (χ1v) is 5.33. The van der Waals surface area contributed by atoms with E-state index in [2.05, 4.69) is 0 Å². The van der Waals surface area contributed by atoms with Gasteiger partial charge in [0.15, 0.2) is 0 Å². The molecule has 0 aromatic carbocycles. The highest BCUT2D eigenvalue weighted by molar-refractivity contribution is 5.68. The van der Waals surface area contributed by atoms with Crippen molar-refractivity contribution >= 4 is 5.97 Å². The maximum absolute atomic E-state index is 10.9. The Balaban J connectivity index is 2.57. The van der Waals surface area contributed by atoms with Crippen LogP contribution in [0.2, 0.25) is 0 Å². The highest BCUT2D eigenvalue weighted by Crippen LogP contribution is 2.33. The van der Waals surface area contributed by atoms with Crippen LogP contribution >= 0.6 is 0 Å². The lowest BCUT2D eigenvalue weighted by Crippen LogP contribution is -2.39. The molecule has 2 heteroatoms. The number of aliphatic carboxylic acids is 1. The molecular weight excluding hydrogens is 164 g/mol. The maximum atomic E-state index is 10.9. The van der Waals surface area contributed by atoms with Crippen molar-refractivity contribution < 1.29 is 9.90 Å². The monoisotopic (exact) mass is 183 g/mol. The molecule has 1 fully saturated rings. The highest BCUT2D eigenvalue weighted by Gasteiger charge is 2.26. The molecule has 2 nitrogen and oxygen atoms in total. The molecule has 13 heavy (non-hydrogen) atoms. The molecule has 1 aliphatic carbocycles. The molecule has 0 saturated heterocycles. The van der Waals surface area contributed by atoms with Crippen molar-refractivity contribution in [2.24, 2.45) is 17.8 Å². The SMILES string of the molecule is CC(C)[C@H](C(=O)[O-])C1CCCCC1. The quantitative estimate of drug-likeness (QED) is 0.666. The van der Waals surface area contributed by atoms with E-state index in [1.165, 1.54) is 19.3 Å². The van der Waals surface area contributed by atoms with Gasteiger partial charge in [0.05, 0.1) is 0 Å². The predicted octanol–water partition coefficient (Wildman–Crippen LogP) is 1.59. The van der Waals surface area contributed by atoms with Gasteiger partial charge in [-0.3, -0.25) is 0 Å². The zero-order chi connectivity index (χ0) is 9.84. The minimum absolute atomic E-state index is 0.216. The Labute approximate surface area is 80.3 Å². The van der Waals surface area contributed by atoms with Crippen LogP contribution in [0.1, 0.15) is 46.0 Å². The van der Waals surface area contributed by atoms with Crippen molar-refractivity contribution in [3.63, 3.8) is 0 Å². The molecule has 0 heterocycles. The Kier molecular flexibility index (Phi) is 3.76. The smallest absolute Gasteiger partial charge is 0.0450 e. The molecule has 0 amide bonds. The summed E-state index contributed by atoms with van der Waals surface area (Å²) in [6.07, 6.45) is 5.82. The second-order valence-electron chi connectivity index (χ2n) is 4.49. The number of hydrogen-bond donors (Lipinski definition) is 0. The number of rotatable bonds is 3. The Morgan fingerprint density at radius 3 is 2.15 bits per heavy atom. The molecule has 1 atom stereocenters. The molecule has 0 radical (unpaired) electrons. The fourth-order valence-corrected chi connectivity index (χ4v) is 2.50. The van der Waals surface area contributed by atoms with Crippen LogP contribution in [-0.4, -0.2) is 5.97 Å². The van der Waals surface area contributed by atoms with Crippen LogP contribution in [-0.2, 0) is 4.79 Å². The summed E-state index contributed by atoms with van der Waals surface area (Å²) in [7, 11) is 0. The molecule has 1 aliphatic rings. The first-order chi connectivity index (χ1) is 6.13. The minimum Gasteiger partial charge on any atom is -0.550 e. The van der Waals surface area contributed by atoms with Crippen LogP contribution in [0.4, 0.5) is 0 Å². The lowest BCUT2D eigenvalue weighted by molar-refractivity contribution is -0.315. The van der Waals surface area contributed by atoms with Gasteiger partial charge in [-0.05, 0) is 24.7 Å². The van der Waals surface area contributed by atoms with Crippen molar-refractivity contribution in [2.75, 3.05) is 0 Å². The van der Waals surface area contributed by atoms with Crippen molar-refractivity contribution in [1.29, 1.82) is 0 Å². The van der Waals surface area contributed by atoms with Crippen LogP contribution in [0.3, 0.4) is 0 Å². The third-order valence-corrected chi connectivity index (χ3v) is 3.15. The van der Waals surface area contributed by atoms with Crippen LogP contribution in [0.15, 0.2) is 0 Å². The molecule has 0 aromatic rings. The first-order valence-electron chi connectivity index (χ1n) is 5.33. The molecular formula is C11H19O2-. The van der Waals surface area contributed by atoms with Gasteiger partial charge >= 0.3 is 0 Å². The van der Waals surface area contributed by atoms with Gasteiger partial charge < -0.3 is 9.90 Å². The standard InChI is InChI=1S/C11H20O2/c1-8(2)10(11(12)13)9-6-4-3-5-7-9/h8-10H,3-7H2,1-2H3,(H,12,13)/p-1/t10-/m0/s1. The van der Waals surface area contributed by atoms with Gasteiger partial charge in [-0.1, -0.05) is 33.1 Å². The third kappa shape index (κ3) is 2.71. The summed E-state index contributed by atoms with van der Waals surface area (Å²) in [6.45, 7) is 3.96. The Bertz CT molecular complexity index is 169. The van der Waals surface area contributed by atoms with Crippen molar-refractivity contribution in [3.05, 3.63) is 0 Å². The van der Waals surface area contributed by atoms with Gasteiger partial charge in [-0.15, -0.1) is 0 Å². The lowest BCUT2D eigenvalue weighted by Gasteiger charge is -2.33. The molecule has 1 saturated carbocycles. The second-order valence-corrected chi connectivity index (χ2v) is 4.49. The fourth-order valence-electron chi connectivity index (χ4n) is 2.50. The van der Waals surface area contributed by atoms with Gasteiger partial charge in [0, 0.05) is 11.9 Å². The van der Waals surface area contributed by atoms with E-state index >= 15 is 0 Å². The van der Waals surface area contributed by atoms with Crippen molar-refractivity contribution in [1.82, 2.24) is 0 Å². The largest absolute Gasteiger partial charge is 0.550 e. The molecule has 76 valence electrons.